The molecule has 4 heteroatoms. The quantitative estimate of drug-likeness (QED) is 0.142. The van der Waals surface area contributed by atoms with Crippen molar-refractivity contribution < 1.29 is 8.83 Å². The number of hydrogen-bond donors (Lipinski definition) is 0. The first-order valence-corrected chi connectivity index (χ1v) is 25.2. The molecule has 9 aromatic carbocycles. The Labute approximate surface area is 403 Å². The van der Waals surface area contributed by atoms with Crippen molar-refractivity contribution in [2.45, 2.75) is 84.5 Å². The average Bonchev–Trinajstić information content (AvgIpc) is 4.12. The Balaban J connectivity index is 1.15. The number of fused-ring (bicyclic) bond motifs is 7. The number of aryl methyl sites for hydroxylation is 2. The van der Waals surface area contributed by atoms with E-state index in [2.05, 4.69) is 202 Å². The van der Waals surface area contributed by atoms with Crippen molar-refractivity contribution in [1.82, 2.24) is 0 Å². The first-order valence-electron chi connectivity index (χ1n) is 25.2. The van der Waals surface area contributed by atoms with E-state index in [-0.39, 0.29) is 11.8 Å². The zero-order chi connectivity index (χ0) is 46.5. The molecule has 13 rings (SSSR count). The fourth-order valence-corrected chi connectivity index (χ4v) is 11.9. The van der Waals surface area contributed by atoms with Crippen LogP contribution in [0.15, 0.2) is 184 Å². The first kappa shape index (κ1) is 41.6. The summed E-state index contributed by atoms with van der Waals surface area (Å²) in [6, 6.07) is 52.0. The van der Waals surface area contributed by atoms with Gasteiger partial charge in [0, 0.05) is 43.7 Å². The fourth-order valence-electron chi connectivity index (χ4n) is 11.9. The summed E-state index contributed by atoms with van der Waals surface area (Å²) in [5, 5.41) is 12.1. The molecule has 2 heterocycles. The molecule has 0 saturated heterocycles. The topological polar surface area (TPSA) is 32.8 Å². The second-order valence-electron chi connectivity index (χ2n) is 20.2. The van der Waals surface area contributed by atoms with Crippen LogP contribution in [0.5, 0.6) is 0 Å². The number of furan rings is 2. The smallest absolute Gasteiger partial charge is 0.159 e. The van der Waals surface area contributed by atoms with E-state index in [9.17, 15) is 0 Å². The van der Waals surface area contributed by atoms with E-state index in [0.717, 1.165) is 122 Å². The van der Waals surface area contributed by atoms with Crippen molar-refractivity contribution in [3.8, 4) is 0 Å². The summed E-state index contributed by atoms with van der Waals surface area (Å²) in [4.78, 5) is 5.01. The monoisotopic (exact) mass is 896 g/mol. The van der Waals surface area contributed by atoms with E-state index in [1.54, 1.807) is 0 Å². The Bertz CT molecular complexity index is 3930. The Morgan fingerprint density at radius 1 is 0.449 bits per heavy atom. The highest BCUT2D eigenvalue weighted by molar-refractivity contribution is 6.30. The molecule has 2 aliphatic rings. The normalized spacial score (nSPS) is 15.8. The van der Waals surface area contributed by atoms with Gasteiger partial charge < -0.3 is 18.6 Å². The van der Waals surface area contributed by atoms with Gasteiger partial charge in [0.15, 0.2) is 11.2 Å². The van der Waals surface area contributed by atoms with Gasteiger partial charge in [-0.2, -0.15) is 0 Å². The number of allylic oxidation sites excluding steroid dienone is 4. The van der Waals surface area contributed by atoms with Gasteiger partial charge in [0.25, 0.3) is 0 Å². The third-order valence-electron chi connectivity index (χ3n) is 15.3. The fraction of sp³-hybridized carbons (Fsp3) is 0.200. The summed E-state index contributed by atoms with van der Waals surface area (Å²) < 4.78 is 13.8. The van der Waals surface area contributed by atoms with Crippen LogP contribution in [0.4, 0.5) is 28.4 Å². The van der Waals surface area contributed by atoms with Gasteiger partial charge in [-0.15, -0.1) is 0 Å². The Hall–Kier alpha value is -7.56. The van der Waals surface area contributed by atoms with Gasteiger partial charge >= 0.3 is 0 Å². The highest BCUT2D eigenvalue weighted by Crippen LogP contribution is 2.53. The average molecular weight is 897 g/mol. The zero-order valence-corrected chi connectivity index (χ0v) is 40.0. The number of para-hydroxylation sites is 4. The zero-order valence-electron chi connectivity index (χ0n) is 40.0. The molecule has 2 aromatic heterocycles. The number of hydrogen-bond acceptors (Lipinski definition) is 4. The lowest BCUT2D eigenvalue weighted by atomic mass is 9.84. The second kappa shape index (κ2) is 16.3. The summed E-state index contributed by atoms with van der Waals surface area (Å²) >= 11 is 0. The summed E-state index contributed by atoms with van der Waals surface area (Å²) in [5.41, 5.74) is 17.0. The van der Waals surface area contributed by atoms with Crippen molar-refractivity contribution >= 4 is 105 Å². The molecule has 0 N–H and O–H groups in total. The predicted octanol–water partition coefficient (Wildman–Crippen LogP) is 19.3. The molecule has 0 fully saturated rings. The molecule has 0 saturated carbocycles. The van der Waals surface area contributed by atoms with E-state index < -0.39 is 0 Å². The standard InChI is InChI=1S/C65H56N2O2/c1-39(2)54-37-58(66(44-19-8-6-7-16-41(5)28-30-44)56-24-14-22-50-46-20-9-11-26-60(46)68-64(50)56)52-34-32-49-55(40(3)4)38-59(53-35-33-48(54)62(52)63(49)53)67(45-31-29-42-17-13-18-43(42)36-45)57-25-15-23-51-47-21-10-12-27-61(47)69-65(51)57/h9-12,14-15,19-40H,5-8,13,16-18H2,1-4H3/b30-28-,44-19+. The van der Waals surface area contributed by atoms with Gasteiger partial charge in [-0.1, -0.05) is 143 Å². The second-order valence-corrected chi connectivity index (χ2v) is 20.2. The molecular weight excluding hydrogens is 841 g/mol. The van der Waals surface area contributed by atoms with E-state index in [0.29, 0.717) is 0 Å². The summed E-state index contributed by atoms with van der Waals surface area (Å²) in [6.45, 7) is 13.9. The van der Waals surface area contributed by atoms with Crippen LogP contribution in [0, 0.1) is 0 Å². The third-order valence-corrected chi connectivity index (χ3v) is 15.3. The highest BCUT2D eigenvalue weighted by Gasteiger charge is 2.29. The Kier molecular flexibility index (Phi) is 9.83. The largest absolute Gasteiger partial charge is 0.454 e. The minimum atomic E-state index is 0.250. The first-order chi connectivity index (χ1) is 33.8. The molecule has 0 amide bonds. The molecule has 0 atom stereocenters. The molecule has 0 bridgehead atoms. The van der Waals surface area contributed by atoms with Crippen LogP contribution < -0.4 is 9.80 Å². The molecule has 338 valence electrons. The van der Waals surface area contributed by atoms with Gasteiger partial charge in [-0.05, 0) is 155 Å². The maximum Gasteiger partial charge on any atom is 0.159 e. The van der Waals surface area contributed by atoms with Crippen LogP contribution in [-0.4, -0.2) is 0 Å². The van der Waals surface area contributed by atoms with Crippen molar-refractivity contribution in [3.63, 3.8) is 0 Å². The van der Waals surface area contributed by atoms with E-state index in [1.807, 2.05) is 0 Å². The van der Waals surface area contributed by atoms with Crippen LogP contribution in [0.1, 0.15) is 93.9 Å². The molecule has 0 radical (unpaired) electrons. The number of nitrogens with zero attached hydrogens (tertiary/aromatic N) is 2. The van der Waals surface area contributed by atoms with Crippen LogP contribution in [-0.2, 0) is 12.8 Å². The molecular formula is C65H56N2O2. The van der Waals surface area contributed by atoms with Gasteiger partial charge in [-0.25, -0.2) is 0 Å². The molecule has 69 heavy (non-hydrogen) atoms. The third kappa shape index (κ3) is 6.63. The van der Waals surface area contributed by atoms with E-state index in [1.165, 1.54) is 61.0 Å². The Morgan fingerprint density at radius 3 is 1.62 bits per heavy atom. The van der Waals surface area contributed by atoms with Crippen molar-refractivity contribution in [2.75, 3.05) is 9.80 Å². The van der Waals surface area contributed by atoms with Crippen LogP contribution in [0.25, 0.3) is 76.2 Å². The van der Waals surface area contributed by atoms with Crippen LogP contribution >= 0.6 is 0 Å². The highest BCUT2D eigenvalue weighted by atomic mass is 16.3. The molecule has 4 nitrogen and oxygen atoms in total. The van der Waals surface area contributed by atoms with E-state index in [4.69, 9.17) is 8.83 Å². The van der Waals surface area contributed by atoms with Gasteiger partial charge in [0.2, 0.25) is 0 Å². The summed E-state index contributed by atoms with van der Waals surface area (Å²) in [5.74, 6) is 0.505. The van der Waals surface area contributed by atoms with Crippen LogP contribution in [0.2, 0.25) is 0 Å². The molecule has 0 aliphatic heterocycles. The Morgan fingerprint density at radius 2 is 1.00 bits per heavy atom. The van der Waals surface area contributed by atoms with Crippen LogP contribution in [0.3, 0.4) is 0 Å². The summed E-state index contributed by atoms with van der Waals surface area (Å²) in [7, 11) is 0. The van der Waals surface area contributed by atoms with Gasteiger partial charge in [0.05, 0.1) is 22.7 Å². The van der Waals surface area contributed by atoms with Gasteiger partial charge in [0.1, 0.15) is 11.2 Å². The molecule has 0 spiro atoms. The minimum Gasteiger partial charge on any atom is -0.454 e. The lowest BCUT2D eigenvalue weighted by Gasteiger charge is -2.32. The summed E-state index contributed by atoms with van der Waals surface area (Å²) in [6.07, 6.45) is 14.6. The SMILES string of the molecule is C=C1/C=C\C(N(c2cc(C(C)C)c3ccc4c(N(c5ccc6c(c5)CCC6)c5cccc6c5oc5ccccc56)cc(C(C)C)c5ccc2c3c54)c2cccc3c2oc2ccccc23)=C/CCCC1. The molecule has 0 unspecified atom stereocenters. The maximum absolute atomic E-state index is 6.90. The van der Waals surface area contributed by atoms with E-state index >= 15 is 0 Å². The molecule has 2 aliphatic carbocycles. The van der Waals surface area contributed by atoms with Crippen molar-refractivity contribution in [1.29, 1.82) is 0 Å². The lowest BCUT2D eigenvalue weighted by molar-refractivity contribution is 0.668. The number of benzene rings is 9. The number of anilines is 5. The lowest BCUT2D eigenvalue weighted by Crippen LogP contribution is -2.17. The maximum atomic E-state index is 6.90. The van der Waals surface area contributed by atoms with Gasteiger partial charge in [-0.3, -0.25) is 0 Å². The van der Waals surface area contributed by atoms with Crippen molar-refractivity contribution in [2.24, 2.45) is 0 Å². The number of rotatable bonds is 8. The minimum absolute atomic E-state index is 0.250. The van der Waals surface area contributed by atoms with Crippen molar-refractivity contribution in [3.05, 3.63) is 198 Å². The molecule has 11 aromatic rings. The predicted molar refractivity (Wildman–Crippen MR) is 293 cm³/mol.